The van der Waals surface area contributed by atoms with Crippen LogP contribution >= 0.6 is 11.6 Å². The van der Waals surface area contributed by atoms with Crippen molar-refractivity contribution in [2.75, 3.05) is 30.4 Å². The third-order valence-corrected chi connectivity index (χ3v) is 4.96. The molecule has 8 heteroatoms. The lowest BCUT2D eigenvalue weighted by Crippen LogP contribution is -2.51. The number of halogens is 1. The first kappa shape index (κ1) is 20.0. The van der Waals surface area contributed by atoms with Crippen LogP contribution in [0.25, 0.3) is 12.2 Å². The normalized spacial score (nSPS) is 14.6. The van der Waals surface area contributed by atoms with E-state index >= 15 is 0 Å². The molecule has 0 N–H and O–H groups in total. The number of hydrogen-bond donors (Lipinski definition) is 0. The van der Waals surface area contributed by atoms with Gasteiger partial charge in [0.15, 0.2) is 5.76 Å². The second-order valence-corrected chi connectivity index (χ2v) is 7.10. The molecule has 1 fully saturated rings. The number of methoxy groups -OCH3 is 1. The molecule has 4 rings (SSSR count). The van der Waals surface area contributed by atoms with E-state index in [4.69, 9.17) is 25.6 Å². The average Bonchev–Trinajstić information content (AvgIpc) is 3.14. The number of amides is 2. The smallest absolute Gasteiger partial charge is 0.332 e. The zero-order valence-corrected chi connectivity index (χ0v) is 17.3. The molecule has 1 saturated heterocycles. The van der Waals surface area contributed by atoms with Crippen LogP contribution in [-0.4, -0.2) is 31.8 Å². The number of nitrogens with zero attached hydrogens (tertiary/aromatic N) is 3. The van der Waals surface area contributed by atoms with E-state index in [1.165, 1.54) is 9.80 Å². The molecule has 0 unspecified atom stereocenters. The number of urea groups is 1. The molecule has 1 aliphatic heterocycles. The fourth-order valence-electron chi connectivity index (χ4n) is 3.15. The maximum Gasteiger partial charge on any atom is 0.332 e. The van der Waals surface area contributed by atoms with Gasteiger partial charge in [-0.3, -0.25) is 9.80 Å². The van der Waals surface area contributed by atoms with Crippen LogP contribution in [0.4, 0.5) is 16.2 Å². The molecule has 0 radical (unpaired) electrons. The van der Waals surface area contributed by atoms with Crippen molar-refractivity contribution in [2.24, 2.45) is 0 Å². The minimum Gasteiger partial charge on any atom is -0.497 e. The molecule has 0 spiro atoms. The number of carbonyl (C=O) groups excluding carboxylic acids is 1. The summed E-state index contributed by atoms with van der Waals surface area (Å²) in [5.41, 5.74) is 2.82. The molecular weight excluding hydrogens is 406 g/mol. The molecule has 2 heterocycles. The van der Waals surface area contributed by atoms with Gasteiger partial charge in [-0.05, 0) is 55.0 Å². The van der Waals surface area contributed by atoms with Crippen LogP contribution in [0.5, 0.6) is 5.75 Å². The Labute approximate surface area is 179 Å². The van der Waals surface area contributed by atoms with Crippen molar-refractivity contribution in [3.8, 4) is 5.75 Å². The highest BCUT2D eigenvalue weighted by Gasteiger charge is 2.32. The van der Waals surface area contributed by atoms with Crippen LogP contribution in [0.2, 0.25) is 5.02 Å². The number of aromatic nitrogens is 1. The Morgan fingerprint density at radius 2 is 1.73 bits per heavy atom. The van der Waals surface area contributed by atoms with E-state index in [1.54, 1.807) is 44.4 Å². The highest BCUT2D eigenvalue weighted by atomic mass is 35.5. The Hall–Kier alpha value is -3.29. The van der Waals surface area contributed by atoms with Crippen molar-refractivity contribution < 1.29 is 18.8 Å². The highest BCUT2D eigenvalue weighted by molar-refractivity contribution is 6.30. The van der Waals surface area contributed by atoms with E-state index in [9.17, 15) is 4.79 Å². The van der Waals surface area contributed by atoms with Gasteiger partial charge in [-0.2, -0.15) is 0 Å². The molecule has 0 saturated carbocycles. The zero-order valence-electron chi connectivity index (χ0n) is 16.5. The first-order valence-corrected chi connectivity index (χ1v) is 9.65. The fraction of sp³-hybridized carbons (Fsp3) is 0.182. The quantitative estimate of drug-likeness (QED) is 0.562. The van der Waals surface area contributed by atoms with Crippen LogP contribution in [0.3, 0.4) is 0 Å². The highest BCUT2D eigenvalue weighted by Crippen LogP contribution is 2.31. The summed E-state index contributed by atoms with van der Waals surface area (Å²) in [6.07, 6.45) is 3.67. The SMILES string of the molecule is COc1ccc(/C=C/c2onc(C)c2N2COCN(c3ccc(Cl)cc3)C2=O)cc1. The second kappa shape index (κ2) is 8.61. The minimum absolute atomic E-state index is 0.106. The summed E-state index contributed by atoms with van der Waals surface area (Å²) < 4.78 is 16.3. The Balaban J connectivity index is 1.60. The Kier molecular flexibility index (Phi) is 5.74. The number of ether oxygens (including phenoxy) is 2. The van der Waals surface area contributed by atoms with E-state index in [0.717, 1.165) is 11.3 Å². The van der Waals surface area contributed by atoms with Crippen LogP contribution in [0, 0.1) is 6.92 Å². The van der Waals surface area contributed by atoms with Gasteiger partial charge in [0, 0.05) is 10.7 Å². The predicted molar refractivity (Wildman–Crippen MR) is 116 cm³/mol. The Bertz CT molecular complexity index is 1060. The average molecular weight is 426 g/mol. The van der Waals surface area contributed by atoms with Gasteiger partial charge in [0.1, 0.15) is 30.6 Å². The summed E-state index contributed by atoms with van der Waals surface area (Å²) in [5, 5.41) is 4.64. The van der Waals surface area contributed by atoms with Gasteiger partial charge >= 0.3 is 6.03 Å². The molecule has 1 aromatic heterocycles. The molecule has 3 aromatic rings. The van der Waals surface area contributed by atoms with Gasteiger partial charge in [0.05, 0.1) is 7.11 Å². The number of aryl methyl sites for hydroxylation is 1. The van der Waals surface area contributed by atoms with Crippen LogP contribution in [0.15, 0.2) is 53.1 Å². The second-order valence-electron chi connectivity index (χ2n) is 6.66. The number of rotatable bonds is 5. The largest absolute Gasteiger partial charge is 0.497 e. The molecule has 2 amide bonds. The summed E-state index contributed by atoms with van der Waals surface area (Å²) >= 11 is 5.96. The fourth-order valence-corrected chi connectivity index (χ4v) is 3.28. The lowest BCUT2D eigenvalue weighted by atomic mass is 10.2. The molecule has 1 aliphatic rings. The lowest BCUT2D eigenvalue weighted by molar-refractivity contribution is 0.118. The monoisotopic (exact) mass is 425 g/mol. The Morgan fingerprint density at radius 3 is 2.43 bits per heavy atom. The third-order valence-electron chi connectivity index (χ3n) is 4.71. The minimum atomic E-state index is -0.228. The maximum absolute atomic E-state index is 13.2. The summed E-state index contributed by atoms with van der Waals surface area (Å²) in [7, 11) is 1.62. The summed E-state index contributed by atoms with van der Waals surface area (Å²) in [5.74, 6) is 1.25. The van der Waals surface area contributed by atoms with E-state index in [1.807, 2.05) is 30.3 Å². The van der Waals surface area contributed by atoms with Crippen molar-refractivity contribution in [3.63, 3.8) is 0 Å². The Morgan fingerprint density at radius 1 is 1.03 bits per heavy atom. The van der Waals surface area contributed by atoms with Gasteiger partial charge in [-0.1, -0.05) is 35.0 Å². The lowest BCUT2D eigenvalue weighted by Gasteiger charge is -2.35. The van der Waals surface area contributed by atoms with Crippen molar-refractivity contribution in [1.29, 1.82) is 0 Å². The van der Waals surface area contributed by atoms with Crippen molar-refractivity contribution >= 4 is 41.2 Å². The van der Waals surface area contributed by atoms with E-state index in [0.29, 0.717) is 27.9 Å². The van der Waals surface area contributed by atoms with Crippen LogP contribution in [-0.2, 0) is 4.74 Å². The number of benzene rings is 2. The predicted octanol–water partition coefficient (Wildman–Crippen LogP) is 5.19. The summed E-state index contributed by atoms with van der Waals surface area (Å²) in [4.78, 5) is 16.2. The number of anilines is 2. The molecule has 30 heavy (non-hydrogen) atoms. The molecule has 0 atom stereocenters. The first-order chi connectivity index (χ1) is 14.6. The van der Waals surface area contributed by atoms with Crippen LogP contribution in [0.1, 0.15) is 17.0 Å². The van der Waals surface area contributed by atoms with Gasteiger partial charge in [0.25, 0.3) is 0 Å². The van der Waals surface area contributed by atoms with E-state index in [-0.39, 0.29) is 19.5 Å². The molecule has 0 bridgehead atoms. The van der Waals surface area contributed by atoms with Gasteiger partial charge < -0.3 is 14.0 Å². The standard InChI is InChI=1S/C22H20ClN3O4/c1-15-21(20(30-24-15)12-5-16-3-10-19(28-2)11-4-16)26-14-29-13-25(22(26)27)18-8-6-17(23)7-9-18/h3-12H,13-14H2,1-2H3/b12-5+. The molecule has 0 aliphatic carbocycles. The van der Waals surface area contributed by atoms with Gasteiger partial charge in [0.2, 0.25) is 0 Å². The molecule has 7 nitrogen and oxygen atoms in total. The first-order valence-electron chi connectivity index (χ1n) is 9.27. The molecule has 2 aromatic carbocycles. The van der Waals surface area contributed by atoms with Crippen molar-refractivity contribution in [2.45, 2.75) is 6.92 Å². The van der Waals surface area contributed by atoms with Gasteiger partial charge in [-0.15, -0.1) is 0 Å². The molecule has 154 valence electrons. The van der Waals surface area contributed by atoms with Crippen molar-refractivity contribution in [3.05, 3.63) is 70.6 Å². The number of carbonyl (C=O) groups is 1. The maximum atomic E-state index is 13.2. The van der Waals surface area contributed by atoms with E-state index < -0.39 is 0 Å². The van der Waals surface area contributed by atoms with Crippen molar-refractivity contribution in [1.82, 2.24) is 5.16 Å². The number of hydrogen-bond acceptors (Lipinski definition) is 5. The van der Waals surface area contributed by atoms with E-state index in [2.05, 4.69) is 5.16 Å². The summed E-state index contributed by atoms with van der Waals surface area (Å²) in [6, 6.07) is 14.4. The summed E-state index contributed by atoms with van der Waals surface area (Å²) in [6.45, 7) is 2.05. The van der Waals surface area contributed by atoms with Crippen LogP contribution < -0.4 is 14.5 Å². The molecular formula is C22H20ClN3O4. The zero-order chi connectivity index (χ0) is 21.1. The van der Waals surface area contributed by atoms with Gasteiger partial charge in [-0.25, -0.2) is 4.79 Å². The third kappa shape index (κ3) is 4.03. The topological polar surface area (TPSA) is 68.0 Å².